The maximum absolute atomic E-state index is 11.3. The number of likely N-dealkylation sites (tertiary alicyclic amines) is 1. The van der Waals surface area contributed by atoms with Crippen LogP contribution in [0.3, 0.4) is 0 Å². The Hall–Kier alpha value is -0.410. The molecule has 2 heterocycles. The highest BCUT2D eigenvalue weighted by atomic mass is 16.5. The molecule has 0 N–H and O–H groups in total. The molecule has 3 nitrogen and oxygen atoms in total. The molecule has 0 aromatic carbocycles. The average molecular weight is 225 g/mol. The van der Waals surface area contributed by atoms with Crippen LogP contribution in [0.15, 0.2) is 0 Å². The van der Waals surface area contributed by atoms with Crippen molar-refractivity contribution in [1.82, 2.24) is 4.90 Å². The second kappa shape index (κ2) is 5.78. The van der Waals surface area contributed by atoms with E-state index in [0.717, 1.165) is 26.2 Å². The number of nitrogens with zero attached hydrogens (tertiary/aromatic N) is 1. The van der Waals surface area contributed by atoms with Crippen molar-refractivity contribution in [3.05, 3.63) is 0 Å². The van der Waals surface area contributed by atoms with Gasteiger partial charge in [0, 0.05) is 25.1 Å². The van der Waals surface area contributed by atoms with E-state index in [-0.39, 0.29) is 0 Å². The van der Waals surface area contributed by atoms with Gasteiger partial charge in [-0.05, 0) is 39.2 Å². The van der Waals surface area contributed by atoms with E-state index < -0.39 is 0 Å². The number of ether oxygens (including phenoxy) is 1. The van der Waals surface area contributed by atoms with Crippen molar-refractivity contribution < 1.29 is 9.53 Å². The predicted molar refractivity (Wildman–Crippen MR) is 63.5 cm³/mol. The molecule has 16 heavy (non-hydrogen) atoms. The third-order valence-corrected chi connectivity index (χ3v) is 3.80. The molecule has 2 aliphatic rings. The minimum Gasteiger partial charge on any atom is -0.380 e. The normalized spacial score (nSPS) is 32.6. The fraction of sp³-hybridized carbons (Fsp3) is 0.923. The highest BCUT2D eigenvalue weighted by Crippen LogP contribution is 2.25. The van der Waals surface area contributed by atoms with Gasteiger partial charge in [-0.1, -0.05) is 6.42 Å². The van der Waals surface area contributed by atoms with E-state index in [4.69, 9.17) is 4.74 Å². The Morgan fingerprint density at radius 2 is 2.19 bits per heavy atom. The Kier molecular flexibility index (Phi) is 4.36. The van der Waals surface area contributed by atoms with Crippen LogP contribution in [0.25, 0.3) is 0 Å². The van der Waals surface area contributed by atoms with Crippen LogP contribution in [0.4, 0.5) is 0 Å². The summed E-state index contributed by atoms with van der Waals surface area (Å²) in [6, 6.07) is 1.05. The molecule has 0 aromatic heterocycles. The summed E-state index contributed by atoms with van der Waals surface area (Å²) in [4.78, 5) is 13.8. The molecule has 0 radical (unpaired) electrons. The summed E-state index contributed by atoms with van der Waals surface area (Å²) in [5.74, 6) is 0.327. The summed E-state index contributed by atoms with van der Waals surface area (Å²) in [6.45, 7) is 4.66. The molecule has 0 aromatic rings. The third-order valence-electron chi connectivity index (χ3n) is 3.80. The van der Waals surface area contributed by atoms with Crippen LogP contribution in [0.5, 0.6) is 0 Å². The zero-order valence-electron chi connectivity index (χ0n) is 10.3. The number of ketones is 1. The lowest BCUT2D eigenvalue weighted by Crippen LogP contribution is -2.50. The number of piperidine rings is 1. The summed E-state index contributed by atoms with van der Waals surface area (Å²) in [6.07, 6.45) is 6.90. The first kappa shape index (κ1) is 12.1. The lowest BCUT2D eigenvalue weighted by atomic mass is 9.94. The Morgan fingerprint density at radius 3 is 2.88 bits per heavy atom. The van der Waals surface area contributed by atoms with Crippen molar-refractivity contribution in [2.24, 2.45) is 0 Å². The zero-order chi connectivity index (χ0) is 11.4. The Labute approximate surface area is 98.1 Å². The van der Waals surface area contributed by atoms with Gasteiger partial charge in [-0.15, -0.1) is 0 Å². The molecule has 2 saturated heterocycles. The van der Waals surface area contributed by atoms with Gasteiger partial charge < -0.3 is 4.74 Å². The van der Waals surface area contributed by atoms with E-state index in [1.165, 1.54) is 32.1 Å². The van der Waals surface area contributed by atoms with Gasteiger partial charge in [-0.25, -0.2) is 0 Å². The zero-order valence-corrected chi connectivity index (χ0v) is 10.3. The largest absolute Gasteiger partial charge is 0.380 e. The van der Waals surface area contributed by atoms with E-state index in [0.29, 0.717) is 17.9 Å². The van der Waals surface area contributed by atoms with Crippen LogP contribution in [0.1, 0.15) is 45.4 Å². The van der Waals surface area contributed by atoms with Crippen LogP contribution in [0, 0.1) is 0 Å². The van der Waals surface area contributed by atoms with Gasteiger partial charge in [0.2, 0.25) is 0 Å². The van der Waals surface area contributed by atoms with Crippen LogP contribution >= 0.6 is 0 Å². The molecule has 0 saturated carbocycles. The molecule has 2 atom stereocenters. The van der Waals surface area contributed by atoms with Crippen molar-refractivity contribution in [2.75, 3.05) is 19.8 Å². The van der Waals surface area contributed by atoms with Crippen molar-refractivity contribution >= 4 is 5.78 Å². The number of rotatable bonds is 3. The quantitative estimate of drug-likeness (QED) is 0.735. The smallest absolute Gasteiger partial charge is 0.131 e. The molecule has 2 unspecified atom stereocenters. The van der Waals surface area contributed by atoms with E-state index in [1.807, 2.05) is 0 Å². The number of carbonyl (C=O) groups excluding carboxylic acids is 1. The van der Waals surface area contributed by atoms with Crippen molar-refractivity contribution in [2.45, 2.75) is 57.5 Å². The second-order valence-corrected chi connectivity index (χ2v) is 5.16. The predicted octanol–water partition coefficient (Wildman–Crippen LogP) is 2.00. The molecule has 0 spiro atoms. The fourth-order valence-electron chi connectivity index (χ4n) is 3.04. The van der Waals surface area contributed by atoms with Gasteiger partial charge in [0.25, 0.3) is 0 Å². The molecule has 92 valence electrons. The Morgan fingerprint density at radius 1 is 1.31 bits per heavy atom. The first-order chi connectivity index (χ1) is 7.77. The van der Waals surface area contributed by atoms with Crippen molar-refractivity contribution in [1.29, 1.82) is 0 Å². The SMILES string of the molecule is CC(=O)CC1CCCCN1C1CCCOC1. The van der Waals surface area contributed by atoms with Gasteiger partial charge in [0.05, 0.1) is 6.61 Å². The van der Waals surface area contributed by atoms with Gasteiger partial charge in [0.15, 0.2) is 0 Å². The molecule has 0 amide bonds. The van der Waals surface area contributed by atoms with Gasteiger partial charge in [-0.2, -0.15) is 0 Å². The standard InChI is InChI=1S/C13H23NO2/c1-11(15)9-12-5-2-3-7-14(12)13-6-4-8-16-10-13/h12-13H,2-10H2,1H3. The van der Waals surface area contributed by atoms with Crippen LogP contribution in [-0.2, 0) is 9.53 Å². The molecular formula is C13H23NO2. The molecule has 0 aliphatic carbocycles. The van der Waals surface area contributed by atoms with E-state index in [2.05, 4.69) is 4.90 Å². The maximum atomic E-state index is 11.3. The number of hydrogen-bond acceptors (Lipinski definition) is 3. The lowest BCUT2D eigenvalue weighted by molar-refractivity contribution is -0.119. The first-order valence-corrected chi connectivity index (χ1v) is 6.60. The second-order valence-electron chi connectivity index (χ2n) is 5.16. The summed E-state index contributed by atoms with van der Waals surface area (Å²) < 4.78 is 5.56. The van der Waals surface area contributed by atoms with E-state index in [1.54, 1.807) is 6.92 Å². The average Bonchev–Trinajstić information content (AvgIpc) is 2.30. The third kappa shape index (κ3) is 3.05. The maximum Gasteiger partial charge on any atom is 0.131 e. The minimum absolute atomic E-state index is 0.327. The molecule has 3 heteroatoms. The van der Waals surface area contributed by atoms with Gasteiger partial charge >= 0.3 is 0 Å². The first-order valence-electron chi connectivity index (χ1n) is 6.60. The van der Waals surface area contributed by atoms with Crippen molar-refractivity contribution in [3.63, 3.8) is 0 Å². The van der Waals surface area contributed by atoms with Crippen LogP contribution < -0.4 is 0 Å². The highest BCUT2D eigenvalue weighted by molar-refractivity contribution is 5.76. The summed E-state index contributed by atoms with van der Waals surface area (Å²) in [5, 5.41) is 0. The van der Waals surface area contributed by atoms with Crippen LogP contribution in [0.2, 0.25) is 0 Å². The Balaban J connectivity index is 1.94. The fourth-order valence-corrected chi connectivity index (χ4v) is 3.04. The number of carbonyl (C=O) groups is 1. The number of hydrogen-bond donors (Lipinski definition) is 0. The summed E-state index contributed by atoms with van der Waals surface area (Å²) in [7, 11) is 0. The number of Topliss-reactive ketones (excluding diaryl/α,β-unsaturated/α-hetero) is 1. The topological polar surface area (TPSA) is 29.5 Å². The molecule has 0 bridgehead atoms. The monoisotopic (exact) mass is 225 g/mol. The molecule has 2 rings (SSSR count). The Bertz CT molecular complexity index is 236. The molecule has 2 aliphatic heterocycles. The van der Waals surface area contributed by atoms with Gasteiger partial charge in [0.1, 0.15) is 5.78 Å². The molecular weight excluding hydrogens is 202 g/mol. The van der Waals surface area contributed by atoms with E-state index >= 15 is 0 Å². The highest BCUT2D eigenvalue weighted by Gasteiger charge is 2.30. The van der Waals surface area contributed by atoms with E-state index in [9.17, 15) is 4.79 Å². The summed E-state index contributed by atoms with van der Waals surface area (Å²) >= 11 is 0. The summed E-state index contributed by atoms with van der Waals surface area (Å²) in [5.41, 5.74) is 0. The van der Waals surface area contributed by atoms with Crippen molar-refractivity contribution in [3.8, 4) is 0 Å². The van der Waals surface area contributed by atoms with Gasteiger partial charge in [-0.3, -0.25) is 9.69 Å². The molecule has 2 fully saturated rings. The minimum atomic E-state index is 0.327. The lowest BCUT2D eigenvalue weighted by Gasteiger charge is -2.42. The van der Waals surface area contributed by atoms with Crippen LogP contribution in [-0.4, -0.2) is 42.5 Å².